The fourth-order valence-electron chi connectivity index (χ4n) is 3.69. The summed E-state index contributed by atoms with van der Waals surface area (Å²) in [5.74, 6) is -1.24. The van der Waals surface area contributed by atoms with Crippen LogP contribution in [0.3, 0.4) is 0 Å². The van der Waals surface area contributed by atoms with Crippen molar-refractivity contribution in [3.63, 3.8) is 0 Å². The van der Waals surface area contributed by atoms with E-state index < -0.39 is 23.6 Å². The topological polar surface area (TPSA) is 118 Å². The average Bonchev–Trinajstić information content (AvgIpc) is 3.31. The monoisotopic (exact) mass is 536 g/mol. The fraction of sp³-hybridized carbons (Fsp3) is 0.148. The summed E-state index contributed by atoms with van der Waals surface area (Å²) in [7, 11) is 0. The molecule has 39 heavy (non-hydrogen) atoms. The van der Waals surface area contributed by atoms with Crippen molar-refractivity contribution < 1.29 is 27.6 Å². The number of imidazole rings is 1. The number of nitrogens with zero attached hydrogens (tertiary/aromatic N) is 3. The lowest BCUT2D eigenvalue weighted by Crippen LogP contribution is -2.17. The number of rotatable bonds is 6. The van der Waals surface area contributed by atoms with Gasteiger partial charge in [0.1, 0.15) is 5.82 Å². The molecule has 0 saturated heterocycles. The average molecular weight is 537 g/mol. The first-order chi connectivity index (χ1) is 18.4. The van der Waals surface area contributed by atoms with Gasteiger partial charge < -0.3 is 20.5 Å². The summed E-state index contributed by atoms with van der Waals surface area (Å²) in [6, 6.07) is 10.7. The van der Waals surface area contributed by atoms with Crippen LogP contribution in [0.15, 0.2) is 67.3 Å². The molecule has 0 aliphatic heterocycles. The number of nitrogens with one attached hydrogen (secondary N) is 3. The van der Waals surface area contributed by atoms with Crippen LogP contribution in [0.4, 0.5) is 30.4 Å². The van der Waals surface area contributed by atoms with Gasteiger partial charge in [-0.1, -0.05) is 6.07 Å². The quantitative estimate of drug-likeness (QED) is 0.306. The van der Waals surface area contributed by atoms with Crippen LogP contribution in [0.1, 0.15) is 44.5 Å². The van der Waals surface area contributed by atoms with Crippen molar-refractivity contribution >= 4 is 34.9 Å². The van der Waals surface area contributed by atoms with Gasteiger partial charge in [-0.05, 0) is 61.9 Å². The van der Waals surface area contributed by atoms with Crippen LogP contribution in [0.5, 0.6) is 0 Å². The lowest BCUT2D eigenvalue weighted by molar-refractivity contribution is -0.137. The molecule has 0 bridgehead atoms. The van der Waals surface area contributed by atoms with Gasteiger partial charge in [0.15, 0.2) is 0 Å². The molecule has 0 saturated carbocycles. The number of benzene rings is 2. The Balaban J connectivity index is 1.56. The molecule has 0 atom stereocenters. The standard InChI is InChI=1S/C27H23F3N6O3/c1-15-4-5-20(11-23(15)26(39)35-21-6-7-24(31-12-21)33-17(3)37)34-25(38)18-8-19(27(28,29)30)10-22(9-18)36-13-16(2)32-14-36/h4-14H,1-3H3,(H,34,38)(H,35,39)(H,31,33,37). The predicted molar refractivity (Wildman–Crippen MR) is 139 cm³/mol. The summed E-state index contributed by atoms with van der Waals surface area (Å²) in [5, 5.41) is 7.77. The summed E-state index contributed by atoms with van der Waals surface area (Å²) in [4.78, 5) is 45.1. The Kier molecular flexibility index (Phi) is 7.47. The zero-order chi connectivity index (χ0) is 28.3. The summed E-state index contributed by atoms with van der Waals surface area (Å²) in [6.07, 6.45) is -0.396. The van der Waals surface area contributed by atoms with Gasteiger partial charge in [-0.2, -0.15) is 13.2 Å². The van der Waals surface area contributed by atoms with E-state index in [-0.39, 0.29) is 28.4 Å². The van der Waals surface area contributed by atoms with Crippen LogP contribution in [0, 0.1) is 13.8 Å². The van der Waals surface area contributed by atoms with Gasteiger partial charge in [-0.15, -0.1) is 0 Å². The second-order valence-corrected chi connectivity index (χ2v) is 8.74. The highest BCUT2D eigenvalue weighted by Gasteiger charge is 2.32. The van der Waals surface area contributed by atoms with E-state index in [2.05, 4.69) is 25.9 Å². The molecule has 9 nitrogen and oxygen atoms in total. The van der Waals surface area contributed by atoms with Crippen LogP contribution in [-0.4, -0.2) is 32.3 Å². The van der Waals surface area contributed by atoms with Crippen LogP contribution in [-0.2, 0) is 11.0 Å². The summed E-state index contributed by atoms with van der Waals surface area (Å²) < 4.78 is 42.1. The minimum atomic E-state index is -4.68. The normalized spacial score (nSPS) is 11.1. The molecule has 0 fully saturated rings. The number of hydrogen-bond acceptors (Lipinski definition) is 5. The van der Waals surface area contributed by atoms with E-state index in [1.807, 2.05) is 0 Å². The second kappa shape index (κ2) is 10.8. The molecule has 0 radical (unpaired) electrons. The van der Waals surface area contributed by atoms with Crippen molar-refractivity contribution in [1.29, 1.82) is 0 Å². The number of carbonyl (C=O) groups is 3. The van der Waals surface area contributed by atoms with E-state index >= 15 is 0 Å². The van der Waals surface area contributed by atoms with Crippen LogP contribution >= 0.6 is 0 Å². The highest BCUT2D eigenvalue weighted by Crippen LogP contribution is 2.32. The summed E-state index contributed by atoms with van der Waals surface area (Å²) >= 11 is 0. The number of pyridine rings is 1. The SMILES string of the molecule is CC(=O)Nc1ccc(NC(=O)c2cc(NC(=O)c3cc(-n4cnc(C)c4)cc(C(F)(F)F)c3)ccc2C)cn1. The van der Waals surface area contributed by atoms with Crippen LogP contribution in [0.25, 0.3) is 5.69 Å². The van der Waals surface area contributed by atoms with Crippen molar-refractivity contribution in [2.24, 2.45) is 0 Å². The number of aryl methyl sites for hydroxylation is 2. The third-order valence-corrected chi connectivity index (χ3v) is 5.58. The maximum atomic E-state index is 13.6. The van der Waals surface area contributed by atoms with Gasteiger partial charge >= 0.3 is 6.18 Å². The van der Waals surface area contributed by atoms with E-state index in [0.717, 1.165) is 12.1 Å². The molecule has 12 heteroatoms. The van der Waals surface area contributed by atoms with Crippen molar-refractivity contribution in [2.45, 2.75) is 26.9 Å². The van der Waals surface area contributed by atoms with E-state index in [1.165, 1.54) is 42.2 Å². The number of carbonyl (C=O) groups excluding carboxylic acids is 3. The minimum Gasteiger partial charge on any atom is -0.322 e. The Morgan fingerprint density at radius 3 is 2.18 bits per heavy atom. The number of amides is 3. The first-order valence-electron chi connectivity index (χ1n) is 11.6. The summed E-state index contributed by atoms with van der Waals surface area (Å²) in [6.45, 7) is 4.74. The smallest absolute Gasteiger partial charge is 0.322 e. The second-order valence-electron chi connectivity index (χ2n) is 8.74. The summed E-state index contributed by atoms with van der Waals surface area (Å²) in [5.41, 5.74) is 0.937. The molecule has 0 spiro atoms. The van der Waals surface area contributed by atoms with Gasteiger partial charge in [0.25, 0.3) is 11.8 Å². The highest BCUT2D eigenvalue weighted by molar-refractivity contribution is 6.08. The Morgan fingerprint density at radius 2 is 1.56 bits per heavy atom. The van der Waals surface area contributed by atoms with Crippen molar-refractivity contribution in [3.05, 3.63) is 95.2 Å². The molecule has 2 aromatic carbocycles. The third kappa shape index (κ3) is 6.66. The van der Waals surface area contributed by atoms with E-state index in [4.69, 9.17) is 0 Å². The number of aromatic nitrogens is 3. The van der Waals surface area contributed by atoms with Gasteiger partial charge in [-0.3, -0.25) is 14.4 Å². The molecular formula is C27H23F3N6O3. The number of hydrogen-bond donors (Lipinski definition) is 3. The fourth-order valence-corrected chi connectivity index (χ4v) is 3.69. The molecule has 0 aliphatic rings. The van der Waals surface area contributed by atoms with E-state index in [0.29, 0.717) is 22.8 Å². The molecule has 3 amide bonds. The molecule has 2 aromatic heterocycles. The van der Waals surface area contributed by atoms with Crippen molar-refractivity contribution in [3.8, 4) is 5.69 Å². The first kappa shape index (κ1) is 27.0. The zero-order valence-electron chi connectivity index (χ0n) is 21.1. The highest BCUT2D eigenvalue weighted by atomic mass is 19.4. The lowest BCUT2D eigenvalue weighted by Gasteiger charge is -2.14. The lowest BCUT2D eigenvalue weighted by atomic mass is 10.1. The number of anilines is 3. The van der Waals surface area contributed by atoms with E-state index in [9.17, 15) is 27.6 Å². The number of halogens is 3. The third-order valence-electron chi connectivity index (χ3n) is 5.58. The molecule has 0 aliphatic carbocycles. The minimum absolute atomic E-state index is 0.123. The molecular weight excluding hydrogens is 513 g/mol. The Hall–Kier alpha value is -5.00. The Labute approximate surface area is 221 Å². The Morgan fingerprint density at radius 1 is 0.846 bits per heavy atom. The molecule has 4 rings (SSSR count). The Bertz CT molecular complexity index is 1560. The molecule has 2 heterocycles. The van der Waals surface area contributed by atoms with Crippen LogP contribution in [0.2, 0.25) is 0 Å². The van der Waals surface area contributed by atoms with Gasteiger partial charge in [0.2, 0.25) is 5.91 Å². The molecule has 3 N–H and O–H groups in total. The molecule has 200 valence electrons. The maximum Gasteiger partial charge on any atom is 0.416 e. The van der Waals surface area contributed by atoms with Crippen molar-refractivity contribution in [2.75, 3.05) is 16.0 Å². The van der Waals surface area contributed by atoms with E-state index in [1.54, 1.807) is 38.2 Å². The molecule has 4 aromatic rings. The van der Waals surface area contributed by atoms with Gasteiger partial charge in [0.05, 0.1) is 29.5 Å². The van der Waals surface area contributed by atoms with Crippen molar-refractivity contribution in [1.82, 2.24) is 14.5 Å². The first-order valence-corrected chi connectivity index (χ1v) is 11.6. The largest absolute Gasteiger partial charge is 0.416 e. The predicted octanol–water partition coefficient (Wildman–Crippen LogP) is 5.37. The number of alkyl halides is 3. The van der Waals surface area contributed by atoms with Gasteiger partial charge in [0, 0.05) is 35.6 Å². The van der Waals surface area contributed by atoms with Gasteiger partial charge in [-0.25, -0.2) is 9.97 Å². The maximum absolute atomic E-state index is 13.6. The van der Waals surface area contributed by atoms with Crippen LogP contribution < -0.4 is 16.0 Å². The zero-order valence-corrected chi connectivity index (χ0v) is 21.1. The molecule has 0 unspecified atom stereocenters.